The van der Waals surface area contributed by atoms with Gasteiger partial charge in [0.1, 0.15) is 5.76 Å². The Morgan fingerprint density at radius 3 is 2.64 bits per heavy atom. The van der Waals surface area contributed by atoms with Gasteiger partial charge in [0, 0.05) is 22.6 Å². The van der Waals surface area contributed by atoms with Gasteiger partial charge in [-0.3, -0.25) is 10.2 Å². The quantitative estimate of drug-likeness (QED) is 0.372. The second-order valence-electron chi connectivity index (χ2n) is 7.54. The minimum absolute atomic E-state index is 0.125. The molecule has 1 aromatic heterocycles. The van der Waals surface area contributed by atoms with E-state index in [0.717, 1.165) is 18.6 Å². The van der Waals surface area contributed by atoms with E-state index in [2.05, 4.69) is 15.8 Å². The lowest BCUT2D eigenvalue weighted by Gasteiger charge is -2.14. The number of rotatable bonds is 4. The van der Waals surface area contributed by atoms with Crippen LogP contribution in [0.3, 0.4) is 0 Å². The van der Waals surface area contributed by atoms with Crippen molar-refractivity contribution in [2.24, 2.45) is 5.10 Å². The summed E-state index contributed by atoms with van der Waals surface area (Å²) < 4.78 is 44.7. The molecule has 3 aromatic rings. The maximum Gasteiger partial charge on any atom is 0.416 e. The first-order valence-electron chi connectivity index (χ1n) is 10.0. The highest BCUT2D eigenvalue weighted by Gasteiger charge is 2.31. The number of hydrogen-bond acceptors (Lipinski definition) is 4. The number of benzene rings is 2. The highest BCUT2D eigenvalue weighted by Crippen LogP contribution is 2.33. The third-order valence-corrected chi connectivity index (χ3v) is 5.77. The standard InChI is InChI=1S/C23H18Cl2F3N3O2/c1-12-20-18(31-30-15-5-2-4-13(10-15)23(26,27)28)6-3-7-19(20)33-21(12)22(32)29-17-9-8-14(24)11-16(17)25/h2,4-5,8-11,30H,3,6-7H2,1H3,(H,29,32)/b31-18+. The van der Waals surface area contributed by atoms with Crippen LogP contribution in [-0.4, -0.2) is 11.6 Å². The van der Waals surface area contributed by atoms with Gasteiger partial charge in [-0.05, 0) is 56.2 Å². The Labute approximate surface area is 197 Å². The molecule has 1 heterocycles. The minimum atomic E-state index is -4.45. The van der Waals surface area contributed by atoms with Crippen molar-refractivity contribution in [1.29, 1.82) is 0 Å². The molecule has 0 bridgehead atoms. The maximum atomic E-state index is 13.0. The van der Waals surface area contributed by atoms with Gasteiger partial charge in [-0.2, -0.15) is 18.3 Å². The number of nitrogens with one attached hydrogen (secondary N) is 2. The fourth-order valence-corrected chi connectivity index (χ4v) is 4.12. The number of halogens is 5. The number of carbonyl (C=O) groups excluding carboxylic acids is 1. The number of furan rings is 1. The zero-order valence-electron chi connectivity index (χ0n) is 17.3. The normalized spacial score (nSPS) is 14.8. The van der Waals surface area contributed by atoms with E-state index >= 15 is 0 Å². The van der Waals surface area contributed by atoms with E-state index in [1.54, 1.807) is 19.1 Å². The van der Waals surface area contributed by atoms with Crippen molar-refractivity contribution in [2.75, 3.05) is 10.7 Å². The van der Waals surface area contributed by atoms with E-state index in [0.29, 0.717) is 46.2 Å². The second-order valence-corrected chi connectivity index (χ2v) is 8.38. The van der Waals surface area contributed by atoms with E-state index in [1.807, 2.05) is 0 Å². The van der Waals surface area contributed by atoms with Crippen LogP contribution in [0.2, 0.25) is 10.0 Å². The molecule has 2 aromatic carbocycles. The number of anilines is 2. The Balaban J connectivity index is 1.59. The van der Waals surface area contributed by atoms with Crippen LogP contribution in [0.1, 0.15) is 45.8 Å². The van der Waals surface area contributed by atoms with Gasteiger partial charge in [-0.25, -0.2) is 0 Å². The molecule has 0 fully saturated rings. The lowest BCUT2D eigenvalue weighted by molar-refractivity contribution is -0.137. The average molecular weight is 496 g/mol. The molecule has 0 saturated carbocycles. The number of fused-ring (bicyclic) bond motifs is 1. The van der Waals surface area contributed by atoms with Crippen LogP contribution in [0.25, 0.3) is 0 Å². The first-order chi connectivity index (χ1) is 15.6. The number of amides is 1. The summed E-state index contributed by atoms with van der Waals surface area (Å²) in [5, 5.41) is 7.77. The fourth-order valence-electron chi connectivity index (χ4n) is 3.66. The largest absolute Gasteiger partial charge is 0.455 e. The SMILES string of the molecule is Cc1c(C(=O)Nc2ccc(Cl)cc2Cl)oc2c1/C(=N/Nc1cccc(C(F)(F)F)c1)CCC2. The Kier molecular flexibility index (Phi) is 6.41. The van der Waals surface area contributed by atoms with Gasteiger partial charge in [0.15, 0.2) is 5.76 Å². The zero-order chi connectivity index (χ0) is 23.8. The molecule has 1 aliphatic rings. The van der Waals surface area contributed by atoms with Gasteiger partial charge >= 0.3 is 6.18 Å². The van der Waals surface area contributed by atoms with Crippen LogP contribution in [0, 0.1) is 6.92 Å². The fraction of sp³-hybridized carbons (Fsp3) is 0.217. The van der Waals surface area contributed by atoms with E-state index in [1.165, 1.54) is 18.2 Å². The lowest BCUT2D eigenvalue weighted by atomic mass is 9.93. The van der Waals surface area contributed by atoms with Gasteiger partial charge in [0.2, 0.25) is 0 Å². The maximum absolute atomic E-state index is 13.0. The molecule has 33 heavy (non-hydrogen) atoms. The number of alkyl halides is 3. The minimum Gasteiger partial charge on any atom is -0.455 e. The molecule has 4 rings (SSSR count). The van der Waals surface area contributed by atoms with Crippen LogP contribution >= 0.6 is 23.2 Å². The summed E-state index contributed by atoms with van der Waals surface area (Å²) >= 11 is 12.0. The first kappa shape index (κ1) is 23.2. The second kappa shape index (κ2) is 9.11. The van der Waals surface area contributed by atoms with E-state index in [-0.39, 0.29) is 16.5 Å². The lowest BCUT2D eigenvalue weighted by Crippen LogP contribution is -2.14. The molecule has 1 amide bonds. The molecule has 1 aliphatic carbocycles. The summed E-state index contributed by atoms with van der Waals surface area (Å²) in [5.41, 5.74) is 4.42. The van der Waals surface area contributed by atoms with Crippen molar-refractivity contribution in [1.82, 2.24) is 0 Å². The topological polar surface area (TPSA) is 66.6 Å². The summed E-state index contributed by atoms with van der Waals surface area (Å²) in [7, 11) is 0. The number of nitrogens with zero attached hydrogens (tertiary/aromatic N) is 1. The molecule has 172 valence electrons. The molecule has 0 saturated heterocycles. The Morgan fingerprint density at radius 2 is 1.91 bits per heavy atom. The molecule has 10 heteroatoms. The van der Waals surface area contributed by atoms with Crippen LogP contribution in [-0.2, 0) is 12.6 Å². The number of carbonyl (C=O) groups is 1. The summed E-state index contributed by atoms with van der Waals surface area (Å²) in [6.45, 7) is 1.74. The molecule has 0 spiro atoms. The molecular formula is C23H18Cl2F3N3O2. The highest BCUT2D eigenvalue weighted by molar-refractivity contribution is 6.36. The smallest absolute Gasteiger partial charge is 0.416 e. The number of aryl methyl sites for hydroxylation is 1. The van der Waals surface area contributed by atoms with Crippen molar-refractivity contribution >= 4 is 46.2 Å². The van der Waals surface area contributed by atoms with Gasteiger partial charge in [-0.1, -0.05) is 29.3 Å². The van der Waals surface area contributed by atoms with Crippen molar-refractivity contribution < 1.29 is 22.4 Å². The summed E-state index contributed by atoms with van der Waals surface area (Å²) in [6.07, 6.45) is -2.51. The molecule has 5 nitrogen and oxygen atoms in total. The summed E-state index contributed by atoms with van der Waals surface area (Å²) in [6, 6.07) is 9.51. The van der Waals surface area contributed by atoms with Gasteiger partial charge in [0.25, 0.3) is 5.91 Å². The third-order valence-electron chi connectivity index (χ3n) is 5.22. The highest BCUT2D eigenvalue weighted by atomic mass is 35.5. The van der Waals surface area contributed by atoms with E-state index < -0.39 is 17.6 Å². The van der Waals surface area contributed by atoms with Gasteiger partial charge < -0.3 is 9.73 Å². The first-order valence-corrected chi connectivity index (χ1v) is 10.8. The van der Waals surface area contributed by atoms with Crippen LogP contribution < -0.4 is 10.7 Å². The Bertz CT molecular complexity index is 1250. The van der Waals surface area contributed by atoms with Crippen molar-refractivity contribution in [2.45, 2.75) is 32.4 Å². The predicted molar refractivity (Wildman–Crippen MR) is 122 cm³/mol. The van der Waals surface area contributed by atoms with Crippen LogP contribution in [0.15, 0.2) is 52.0 Å². The van der Waals surface area contributed by atoms with Crippen LogP contribution in [0.4, 0.5) is 24.5 Å². The Morgan fingerprint density at radius 1 is 1.12 bits per heavy atom. The summed E-state index contributed by atoms with van der Waals surface area (Å²) in [4.78, 5) is 12.8. The number of hydrazone groups is 1. The average Bonchev–Trinajstić information content (AvgIpc) is 3.11. The molecule has 2 N–H and O–H groups in total. The van der Waals surface area contributed by atoms with Gasteiger partial charge in [0.05, 0.1) is 27.7 Å². The zero-order valence-corrected chi connectivity index (χ0v) is 18.8. The van der Waals surface area contributed by atoms with E-state index in [4.69, 9.17) is 27.6 Å². The van der Waals surface area contributed by atoms with Crippen molar-refractivity contribution in [3.05, 3.63) is 80.7 Å². The molecule has 0 atom stereocenters. The Hall–Kier alpha value is -2.97. The molecular weight excluding hydrogens is 478 g/mol. The van der Waals surface area contributed by atoms with E-state index in [9.17, 15) is 18.0 Å². The van der Waals surface area contributed by atoms with Crippen molar-refractivity contribution in [3.8, 4) is 0 Å². The summed E-state index contributed by atoms with van der Waals surface area (Å²) in [5.74, 6) is 0.256. The monoisotopic (exact) mass is 495 g/mol. The van der Waals surface area contributed by atoms with Gasteiger partial charge in [-0.15, -0.1) is 0 Å². The molecule has 0 unspecified atom stereocenters. The van der Waals surface area contributed by atoms with Crippen molar-refractivity contribution in [3.63, 3.8) is 0 Å². The number of hydrogen-bond donors (Lipinski definition) is 2. The molecule has 0 radical (unpaired) electrons. The molecule has 0 aliphatic heterocycles. The predicted octanol–water partition coefficient (Wildman–Crippen LogP) is 7.32. The third kappa shape index (κ3) is 5.02. The van der Waals surface area contributed by atoms with Crippen LogP contribution in [0.5, 0.6) is 0 Å².